The third kappa shape index (κ3) is 3.09. The van der Waals surface area contributed by atoms with E-state index in [0.717, 1.165) is 10.2 Å². The van der Waals surface area contributed by atoms with Gasteiger partial charge in [-0.25, -0.2) is 9.97 Å². The Hall–Kier alpha value is -1.63. The van der Waals surface area contributed by atoms with Crippen molar-refractivity contribution >= 4 is 56.5 Å². The first kappa shape index (κ1) is 15.3. The van der Waals surface area contributed by atoms with E-state index in [1.54, 1.807) is 24.3 Å². The predicted molar refractivity (Wildman–Crippen MR) is 92.9 cm³/mol. The summed E-state index contributed by atoms with van der Waals surface area (Å²) in [5, 5.41) is 3.59. The fourth-order valence-corrected chi connectivity index (χ4v) is 3.78. The maximum absolute atomic E-state index is 12.4. The second kappa shape index (κ2) is 6.24. The van der Waals surface area contributed by atoms with E-state index in [-0.39, 0.29) is 11.0 Å². The van der Waals surface area contributed by atoms with E-state index in [4.69, 9.17) is 17.3 Å². The molecule has 7 heteroatoms. The molecule has 4 nitrogen and oxygen atoms in total. The molecule has 0 aliphatic heterocycles. The lowest BCUT2D eigenvalue weighted by Gasteiger charge is -2.09. The summed E-state index contributed by atoms with van der Waals surface area (Å²) in [6.07, 6.45) is 0. The highest BCUT2D eigenvalue weighted by Gasteiger charge is 2.19. The Labute approximate surface area is 140 Å². The van der Waals surface area contributed by atoms with Crippen LogP contribution in [0.3, 0.4) is 0 Å². The fraction of sp³-hybridized carbons (Fsp3) is 0.133. The minimum absolute atomic E-state index is 0.00937. The summed E-state index contributed by atoms with van der Waals surface area (Å²) in [5.41, 5.74) is 6.54. The molecule has 2 N–H and O–H groups in total. The standard InChI is InChI=1S/C15H12ClN3OS2/c1-8(12(20)9-2-4-10(16)5-3-9)22-15-18-13(17)11-6-7-21-14(11)19-15/h2-8H,1H3,(H2,17,18,19)/t8-/m1/s1. The monoisotopic (exact) mass is 349 g/mol. The Morgan fingerprint density at radius 3 is 2.73 bits per heavy atom. The number of Topliss-reactive ketones (excluding diaryl/α,β-unsaturated/α-hetero) is 1. The molecule has 2 aromatic heterocycles. The quantitative estimate of drug-likeness (QED) is 0.432. The number of ketones is 1. The van der Waals surface area contributed by atoms with Crippen molar-refractivity contribution in [1.29, 1.82) is 0 Å². The van der Waals surface area contributed by atoms with E-state index in [0.29, 0.717) is 21.6 Å². The lowest BCUT2D eigenvalue weighted by molar-refractivity contribution is 0.0994. The summed E-state index contributed by atoms with van der Waals surface area (Å²) in [6.45, 7) is 1.83. The number of nitrogens with two attached hydrogens (primary N) is 1. The Morgan fingerprint density at radius 2 is 2.00 bits per heavy atom. The number of carbonyl (C=O) groups is 1. The molecule has 3 aromatic rings. The number of rotatable bonds is 4. The van der Waals surface area contributed by atoms with Gasteiger partial charge >= 0.3 is 0 Å². The highest BCUT2D eigenvalue weighted by atomic mass is 35.5. The summed E-state index contributed by atoms with van der Waals surface area (Å²) in [7, 11) is 0. The number of thiophene rings is 1. The highest BCUT2D eigenvalue weighted by molar-refractivity contribution is 8.00. The average molecular weight is 350 g/mol. The van der Waals surface area contributed by atoms with Crippen LogP contribution >= 0.6 is 34.7 Å². The van der Waals surface area contributed by atoms with Crippen LogP contribution in [-0.2, 0) is 0 Å². The van der Waals surface area contributed by atoms with Crippen LogP contribution in [0.25, 0.3) is 10.2 Å². The number of anilines is 1. The van der Waals surface area contributed by atoms with E-state index < -0.39 is 0 Å². The van der Waals surface area contributed by atoms with Crippen LogP contribution < -0.4 is 5.73 Å². The topological polar surface area (TPSA) is 68.9 Å². The summed E-state index contributed by atoms with van der Waals surface area (Å²) in [4.78, 5) is 22.0. The Balaban J connectivity index is 1.81. The number of aromatic nitrogens is 2. The summed E-state index contributed by atoms with van der Waals surface area (Å²) >= 11 is 8.65. The van der Waals surface area contributed by atoms with Crippen molar-refractivity contribution in [2.24, 2.45) is 0 Å². The molecule has 3 rings (SSSR count). The van der Waals surface area contributed by atoms with Crippen molar-refractivity contribution < 1.29 is 4.79 Å². The normalized spacial score (nSPS) is 12.5. The van der Waals surface area contributed by atoms with E-state index in [2.05, 4.69) is 9.97 Å². The van der Waals surface area contributed by atoms with Crippen LogP contribution in [0.1, 0.15) is 17.3 Å². The Kier molecular flexibility index (Phi) is 4.33. The molecule has 0 fully saturated rings. The molecule has 112 valence electrons. The van der Waals surface area contributed by atoms with Crippen LogP contribution in [0, 0.1) is 0 Å². The zero-order valence-corrected chi connectivity index (χ0v) is 14.0. The van der Waals surface area contributed by atoms with Crippen LogP contribution in [-0.4, -0.2) is 21.0 Å². The summed E-state index contributed by atoms with van der Waals surface area (Å²) in [5.74, 6) is 0.454. The lowest BCUT2D eigenvalue weighted by Crippen LogP contribution is -2.14. The lowest BCUT2D eigenvalue weighted by atomic mass is 10.1. The van der Waals surface area contributed by atoms with Crippen LogP contribution in [0.15, 0.2) is 40.9 Å². The second-order valence-corrected chi connectivity index (χ2v) is 7.30. The number of halogens is 1. The summed E-state index contributed by atoms with van der Waals surface area (Å²) < 4.78 is 0. The van der Waals surface area contributed by atoms with E-state index in [9.17, 15) is 4.79 Å². The Morgan fingerprint density at radius 1 is 1.27 bits per heavy atom. The van der Waals surface area contributed by atoms with Gasteiger partial charge in [0.05, 0.1) is 10.6 Å². The van der Waals surface area contributed by atoms with Gasteiger partial charge in [0.2, 0.25) is 0 Å². The SMILES string of the molecule is C[C@@H](Sc1nc(N)c2ccsc2n1)C(=O)c1ccc(Cl)cc1. The number of hydrogen-bond acceptors (Lipinski definition) is 6. The number of thioether (sulfide) groups is 1. The highest BCUT2D eigenvalue weighted by Crippen LogP contribution is 2.29. The minimum atomic E-state index is -0.307. The molecule has 0 unspecified atom stereocenters. The first-order chi connectivity index (χ1) is 10.5. The van der Waals surface area contributed by atoms with E-state index >= 15 is 0 Å². The number of nitrogens with zero attached hydrogens (tertiary/aromatic N) is 2. The number of hydrogen-bond donors (Lipinski definition) is 1. The first-order valence-electron chi connectivity index (χ1n) is 6.52. The molecule has 0 spiro atoms. The molecule has 22 heavy (non-hydrogen) atoms. The van der Waals surface area contributed by atoms with Crippen LogP contribution in [0.2, 0.25) is 5.02 Å². The van der Waals surface area contributed by atoms with Gasteiger partial charge in [0.25, 0.3) is 0 Å². The molecule has 0 radical (unpaired) electrons. The fourth-order valence-electron chi connectivity index (χ4n) is 1.97. The molecule has 2 heterocycles. The van der Waals surface area contributed by atoms with Crippen LogP contribution in [0.4, 0.5) is 5.82 Å². The number of nitrogen functional groups attached to an aromatic ring is 1. The second-order valence-electron chi connectivity index (χ2n) is 4.66. The first-order valence-corrected chi connectivity index (χ1v) is 8.65. The maximum atomic E-state index is 12.4. The van der Waals surface area contributed by atoms with Gasteiger partial charge in [-0.1, -0.05) is 23.4 Å². The van der Waals surface area contributed by atoms with Gasteiger partial charge in [0, 0.05) is 10.6 Å². The number of carbonyl (C=O) groups excluding carboxylic acids is 1. The van der Waals surface area contributed by atoms with Gasteiger partial charge in [-0.05, 0) is 42.6 Å². The van der Waals surface area contributed by atoms with Gasteiger partial charge in [-0.3, -0.25) is 4.79 Å². The van der Waals surface area contributed by atoms with Gasteiger partial charge in [-0.2, -0.15) is 0 Å². The maximum Gasteiger partial charge on any atom is 0.191 e. The van der Waals surface area contributed by atoms with Crippen molar-refractivity contribution in [3.05, 3.63) is 46.3 Å². The third-order valence-electron chi connectivity index (χ3n) is 3.11. The molecule has 0 bridgehead atoms. The Bertz CT molecular complexity index is 832. The molecule has 0 aliphatic rings. The zero-order chi connectivity index (χ0) is 15.7. The van der Waals surface area contributed by atoms with Gasteiger partial charge < -0.3 is 5.73 Å². The molecular weight excluding hydrogens is 338 g/mol. The molecular formula is C15H12ClN3OS2. The van der Waals surface area contributed by atoms with Crippen LogP contribution in [0.5, 0.6) is 0 Å². The van der Waals surface area contributed by atoms with Crippen molar-refractivity contribution in [2.75, 3.05) is 5.73 Å². The van der Waals surface area contributed by atoms with Crippen molar-refractivity contribution in [1.82, 2.24) is 9.97 Å². The number of benzene rings is 1. The van der Waals surface area contributed by atoms with Gasteiger partial charge in [0.1, 0.15) is 10.6 Å². The van der Waals surface area contributed by atoms with E-state index in [1.807, 2.05) is 18.4 Å². The van der Waals surface area contributed by atoms with Gasteiger partial charge in [0.15, 0.2) is 10.9 Å². The van der Waals surface area contributed by atoms with Crippen molar-refractivity contribution in [3.63, 3.8) is 0 Å². The average Bonchev–Trinajstić information content (AvgIpc) is 2.96. The molecule has 0 aliphatic carbocycles. The van der Waals surface area contributed by atoms with Gasteiger partial charge in [-0.15, -0.1) is 11.3 Å². The minimum Gasteiger partial charge on any atom is -0.383 e. The summed E-state index contributed by atoms with van der Waals surface area (Å²) in [6, 6.07) is 8.75. The molecule has 0 amide bonds. The predicted octanol–water partition coefficient (Wildman–Crippen LogP) is 4.29. The van der Waals surface area contributed by atoms with Crippen molar-refractivity contribution in [3.8, 4) is 0 Å². The largest absolute Gasteiger partial charge is 0.383 e. The molecule has 1 aromatic carbocycles. The molecule has 1 atom stereocenters. The zero-order valence-electron chi connectivity index (χ0n) is 11.6. The third-order valence-corrected chi connectivity index (χ3v) is 5.13. The van der Waals surface area contributed by atoms with Crippen molar-refractivity contribution in [2.45, 2.75) is 17.3 Å². The molecule has 0 saturated carbocycles. The van der Waals surface area contributed by atoms with E-state index in [1.165, 1.54) is 23.1 Å². The smallest absolute Gasteiger partial charge is 0.191 e. The number of fused-ring (bicyclic) bond motifs is 1. The molecule has 0 saturated heterocycles.